The highest BCUT2D eigenvalue weighted by atomic mass is 19.2. The van der Waals surface area contributed by atoms with E-state index in [4.69, 9.17) is 4.74 Å². The second-order valence-corrected chi connectivity index (χ2v) is 6.66. The third kappa shape index (κ3) is 5.47. The van der Waals surface area contributed by atoms with E-state index in [9.17, 15) is 22.8 Å². The standard InChI is InChI=1S/C17H19F3N4O3/c1-17(2,3)27-15(25)21-8-11(7-18)9-24-16(26)23(10-22-24)12-4-5-13(19)14(20)6-12/h4-7,10H,8-9H2,1-3H3,(H,21,25). The molecule has 0 aliphatic heterocycles. The summed E-state index contributed by atoms with van der Waals surface area (Å²) < 4.78 is 46.4. The van der Waals surface area contributed by atoms with Crippen molar-refractivity contribution in [2.75, 3.05) is 6.54 Å². The van der Waals surface area contributed by atoms with Gasteiger partial charge in [-0.1, -0.05) is 0 Å². The van der Waals surface area contributed by atoms with Crippen LogP contribution in [0.2, 0.25) is 0 Å². The van der Waals surface area contributed by atoms with Crippen LogP contribution in [-0.2, 0) is 11.3 Å². The fraction of sp³-hybridized carbons (Fsp3) is 0.353. The van der Waals surface area contributed by atoms with Crippen LogP contribution in [0.1, 0.15) is 20.8 Å². The Morgan fingerprint density at radius 1 is 1.30 bits per heavy atom. The maximum atomic E-state index is 13.3. The molecule has 1 aromatic carbocycles. The molecule has 146 valence electrons. The van der Waals surface area contributed by atoms with Gasteiger partial charge in [-0.3, -0.25) is 0 Å². The van der Waals surface area contributed by atoms with Gasteiger partial charge in [-0.2, -0.15) is 5.10 Å². The number of nitrogens with one attached hydrogen (secondary N) is 1. The van der Waals surface area contributed by atoms with E-state index in [0.717, 1.165) is 27.7 Å². The summed E-state index contributed by atoms with van der Waals surface area (Å²) in [7, 11) is 0. The molecule has 1 amide bonds. The molecule has 7 nitrogen and oxygen atoms in total. The van der Waals surface area contributed by atoms with Crippen LogP contribution in [0.25, 0.3) is 5.69 Å². The van der Waals surface area contributed by atoms with Crippen molar-refractivity contribution in [1.82, 2.24) is 19.7 Å². The van der Waals surface area contributed by atoms with Crippen molar-refractivity contribution in [1.29, 1.82) is 0 Å². The Morgan fingerprint density at radius 2 is 2.00 bits per heavy atom. The number of carbonyl (C=O) groups excluding carboxylic acids is 1. The van der Waals surface area contributed by atoms with E-state index in [2.05, 4.69) is 10.4 Å². The van der Waals surface area contributed by atoms with Crippen molar-refractivity contribution < 1.29 is 22.7 Å². The highest BCUT2D eigenvalue weighted by Gasteiger charge is 2.17. The van der Waals surface area contributed by atoms with Crippen molar-refractivity contribution in [3.05, 3.63) is 58.5 Å². The predicted octanol–water partition coefficient (Wildman–Crippen LogP) is 2.69. The molecule has 2 aromatic rings. The average molecular weight is 384 g/mol. The first kappa shape index (κ1) is 20.3. The molecule has 0 unspecified atom stereocenters. The first-order valence-corrected chi connectivity index (χ1v) is 7.95. The molecule has 0 aliphatic rings. The van der Waals surface area contributed by atoms with Crippen LogP contribution in [0.5, 0.6) is 0 Å². The highest BCUT2D eigenvalue weighted by Crippen LogP contribution is 2.11. The number of carbonyl (C=O) groups is 1. The van der Waals surface area contributed by atoms with E-state index >= 15 is 0 Å². The highest BCUT2D eigenvalue weighted by molar-refractivity contribution is 5.68. The topological polar surface area (TPSA) is 78.2 Å². The van der Waals surface area contributed by atoms with Gasteiger partial charge in [0.25, 0.3) is 0 Å². The van der Waals surface area contributed by atoms with E-state index < -0.39 is 29.0 Å². The number of halogens is 3. The zero-order valence-corrected chi connectivity index (χ0v) is 15.0. The maximum absolute atomic E-state index is 13.3. The van der Waals surface area contributed by atoms with Crippen molar-refractivity contribution in [2.24, 2.45) is 0 Å². The lowest BCUT2D eigenvalue weighted by Gasteiger charge is -2.19. The van der Waals surface area contributed by atoms with Crippen LogP contribution in [0.4, 0.5) is 18.0 Å². The van der Waals surface area contributed by atoms with Crippen LogP contribution < -0.4 is 11.0 Å². The number of alkyl carbamates (subject to hydrolysis) is 1. The molecule has 1 heterocycles. The molecule has 27 heavy (non-hydrogen) atoms. The Morgan fingerprint density at radius 3 is 2.59 bits per heavy atom. The molecule has 1 aromatic heterocycles. The molecular formula is C17H19F3N4O3. The number of amides is 1. The number of ether oxygens (including phenoxy) is 1. The second kappa shape index (κ2) is 8.11. The summed E-state index contributed by atoms with van der Waals surface area (Å²) in [5.74, 6) is -2.16. The van der Waals surface area contributed by atoms with Gasteiger partial charge < -0.3 is 10.1 Å². The lowest BCUT2D eigenvalue weighted by molar-refractivity contribution is 0.0532. The number of hydrogen-bond acceptors (Lipinski definition) is 4. The minimum atomic E-state index is -1.11. The van der Waals surface area contributed by atoms with Crippen molar-refractivity contribution in [3.63, 3.8) is 0 Å². The summed E-state index contributed by atoms with van der Waals surface area (Å²) in [6, 6.07) is 2.94. The lowest BCUT2D eigenvalue weighted by Crippen LogP contribution is -2.34. The fourth-order valence-electron chi connectivity index (χ4n) is 2.08. The predicted molar refractivity (Wildman–Crippen MR) is 91.2 cm³/mol. The quantitative estimate of drug-likeness (QED) is 0.860. The monoisotopic (exact) mass is 384 g/mol. The van der Waals surface area contributed by atoms with Gasteiger partial charge in [0.2, 0.25) is 0 Å². The Bertz CT molecular complexity index is 913. The fourth-order valence-corrected chi connectivity index (χ4v) is 2.08. The number of rotatable bonds is 5. The summed E-state index contributed by atoms with van der Waals surface area (Å²) >= 11 is 0. The molecule has 0 spiro atoms. The Labute approximate surface area is 153 Å². The van der Waals surface area contributed by atoms with E-state index in [0.29, 0.717) is 0 Å². The molecule has 0 radical (unpaired) electrons. The van der Waals surface area contributed by atoms with Gasteiger partial charge in [0.15, 0.2) is 11.6 Å². The number of benzene rings is 1. The van der Waals surface area contributed by atoms with Crippen molar-refractivity contribution in [2.45, 2.75) is 32.9 Å². The molecule has 10 heteroatoms. The van der Waals surface area contributed by atoms with E-state index in [1.54, 1.807) is 20.8 Å². The van der Waals surface area contributed by atoms with Crippen LogP contribution in [0.3, 0.4) is 0 Å². The Kier molecular flexibility index (Phi) is 6.09. The first-order valence-electron chi connectivity index (χ1n) is 7.95. The van der Waals surface area contributed by atoms with E-state index in [1.165, 1.54) is 6.07 Å². The first-order chi connectivity index (χ1) is 12.6. The van der Waals surface area contributed by atoms with Gasteiger partial charge in [0, 0.05) is 12.6 Å². The van der Waals surface area contributed by atoms with Crippen molar-refractivity contribution in [3.8, 4) is 5.69 Å². The minimum absolute atomic E-state index is 0.0542. The molecule has 0 bridgehead atoms. The minimum Gasteiger partial charge on any atom is -0.444 e. The van der Waals surface area contributed by atoms with Gasteiger partial charge in [0.05, 0.1) is 18.6 Å². The second-order valence-electron chi connectivity index (χ2n) is 6.66. The molecular weight excluding hydrogens is 365 g/mol. The number of hydrogen-bond donors (Lipinski definition) is 1. The van der Waals surface area contributed by atoms with Gasteiger partial charge in [-0.15, -0.1) is 0 Å². The van der Waals surface area contributed by atoms with Crippen molar-refractivity contribution >= 4 is 6.09 Å². The third-order valence-electron chi connectivity index (χ3n) is 3.28. The Balaban J connectivity index is 2.08. The van der Waals surface area contributed by atoms with E-state index in [1.807, 2.05) is 0 Å². The zero-order chi connectivity index (χ0) is 20.2. The summed E-state index contributed by atoms with van der Waals surface area (Å²) in [6.45, 7) is 4.60. The summed E-state index contributed by atoms with van der Waals surface area (Å²) in [4.78, 5) is 23.9. The maximum Gasteiger partial charge on any atom is 0.407 e. The van der Waals surface area contributed by atoms with E-state index in [-0.39, 0.29) is 30.7 Å². The summed E-state index contributed by atoms with van der Waals surface area (Å²) in [5.41, 5.74) is -1.26. The van der Waals surface area contributed by atoms with Crippen LogP contribution >= 0.6 is 0 Å². The SMILES string of the molecule is CC(C)(C)OC(=O)NCC(=CF)Cn1ncn(-c2ccc(F)c(F)c2)c1=O. The number of nitrogens with zero attached hydrogens (tertiary/aromatic N) is 3. The zero-order valence-electron chi connectivity index (χ0n) is 15.0. The van der Waals surface area contributed by atoms with Crippen LogP contribution in [0, 0.1) is 11.6 Å². The smallest absolute Gasteiger partial charge is 0.407 e. The normalized spacial score (nSPS) is 12.1. The van der Waals surface area contributed by atoms with Crippen LogP contribution in [0.15, 0.2) is 41.2 Å². The summed E-state index contributed by atoms with van der Waals surface area (Å²) in [6.07, 6.45) is 0.619. The molecule has 0 aliphatic carbocycles. The lowest BCUT2D eigenvalue weighted by atomic mass is 10.2. The molecule has 2 rings (SSSR count). The molecule has 0 fully saturated rings. The van der Waals surface area contributed by atoms with Gasteiger partial charge in [0.1, 0.15) is 11.9 Å². The largest absolute Gasteiger partial charge is 0.444 e. The van der Waals surface area contributed by atoms with Crippen LogP contribution in [-0.4, -0.2) is 32.6 Å². The number of aromatic nitrogens is 3. The summed E-state index contributed by atoms with van der Waals surface area (Å²) in [5, 5.41) is 6.19. The molecule has 0 saturated heterocycles. The van der Waals surface area contributed by atoms with Gasteiger partial charge in [-0.05, 0) is 38.5 Å². The van der Waals surface area contributed by atoms with Gasteiger partial charge in [-0.25, -0.2) is 32.0 Å². The molecule has 1 N–H and O–H groups in total. The molecule has 0 saturated carbocycles. The third-order valence-corrected chi connectivity index (χ3v) is 3.28. The average Bonchev–Trinajstić information content (AvgIpc) is 2.93. The van der Waals surface area contributed by atoms with Gasteiger partial charge >= 0.3 is 11.8 Å². The Hall–Kier alpha value is -3.04. The molecule has 0 atom stereocenters.